The molecule has 0 radical (unpaired) electrons. The molecule has 166 valence electrons. The van der Waals surface area contributed by atoms with Gasteiger partial charge in [0.2, 0.25) is 17.7 Å². The van der Waals surface area contributed by atoms with E-state index in [0.717, 1.165) is 16.7 Å². The highest BCUT2D eigenvalue weighted by atomic mass is 32.2. The van der Waals surface area contributed by atoms with E-state index in [9.17, 15) is 29.3 Å². The van der Waals surface area contributed by atoms with E-state index in [-0.39, 0.29) is 24.5 Å². The van der Waals surface area contributed by atoms with Crippen LogP contribution in [0.5, 0.6) is 0 Å². The summed E-state index contributed by atoms with van der Waals surface area (Å²) in [5.41, 5.74) is 0.941. The molecule has 0 spiro atoms. The van der Waals surface area contributed by atoms with E-state index in [1.54, 1.807) is 6.92 Å². The maximum Gasteiger partial charge on any atom is 0.338 e. The van der Waals surface area contributed by atoms with Crippen molar-refractivity contribution >= 4 is 52.5 Å². The summed E-state index contributed by atoms with van der Waals surface area (Å²) in [6, 6.07) is 11.3. The van der Waals surface area contributed by atoms with E-state index in [0.29, 0.717) is 16.9 Å². The first-order chi connectivity index (χ1) is 15.3. The third kappa shape index (κ3) is 5.30. The van der Waals surface area contributed by atoms with Gasteiger partial charge in [0.25, 0.3) is 5.69 Å². The van der Waals surface area contributed by atoms with Crippen LogP contribution in [-0.4, -0.2) is 46.2 Å². The number of thioether (sulfide) groups is 1. The number of non-ortho nitro benzene ring substituents is 1. The lowest BCUT2D eigenvalue weighted by Crippen LogP contribution is -2.31. The minimum Gasteiger partial charge on any atom is -0.462 e. The molecule has 1 heterocycles. The average molecular weight is 457 g/mol. The van der Waals surface area contributed by atoms with Crippen LogP contribution in [0.4, 0.5) is 17.1 Å². The lowest BCUT2D eigenvalue weighted by Gasteiger charge is -2.15. The Labute approximate surface area is 187 Å². The quantitative estimate of drug-likeness (QED) is 0.277. The van der Waals surface area contributed by atoms with Gasteiger partial charge >= 0.3 is 5.97 Å². The number of nitro groups is 1. The SMILES string of the molecule is CCOC(=O)c1ccc(N2C(=O)CC(SCC(=O)Nc3ccc([N+](=O)[O-])cc3)C2=O)cc1. The van der Waals surface area contributed by atoms with Crippen LogP contribution in [0.3, 0.4) is 0 Å². The van der Waals surface area contributed by atoms with Crippen LogP contribution in [0.15, 0.2) is 48.5 Å². The van der Waals surface area contributed by atoms with Crippen molar-refractivity contribution in [2.75, 3.05) is 22.6 Å². The lowest BCUT2D eigenvalue weighted by atomic mass is 10.2. The van der Waals surface area contributed by atoms with Gasteiger partial charge in [-0.3, -0.25) is 24.5 Å². The van der Waals surface area contributed by atoms with Crippen LogP contribution in [-0.2, 0) is 19.1 Å². The number of anilines is 2. The first-order valence-electron chi connectivity index (χ1n) is 9.60. The Morgan fingerprint density at radius 2 is 1.81 bits per heavy atom. The zero-order valence-electron chi connectivity index (χ0n) is 17.0. The molecule has 32 heavy (non-hydrogen) atoms. The maximum absolute atomic E-state index is 12.7. The van der Waals surface area contributed by atoms with Crippen LogP contribution < -0.4 is 10.2 Å². The van der Waals surface area contributed by atoms with Crippen LogP contribution in [0.1, 0.15) is 23.7 Å². The largest absolute Gasteiger partial charge is 0.462 e. The Morgan fingerprint density at radius 1 is 1.16 bits per heavy atom. The third-order valence-corrected chi connectivity index (χ3v) is 5.72. The predicted octanol–water partition coefficient (Wildman–Crippen LogP) is 2.78. The summed E-state index contributed by atoms with van der Waals surface area (Å²) in [6.07, 6.45) is -0.0477. The van der Waals surface area contributed by atoms with Crippen molar-refractivity contribution in [1.29, 1.82) is 0 Å². The summed E-state index contributed by atoms with van der Waals surface area (Å²) >= 11 is 1.04. The van der Waals surface area contributed by atoms with Crippen molar-refractivity contribution in [3.8, 4) is 0 Å². The Morgan fingerprint density at radius 3 is 2.41 bits per heavy atom. The monoisotopic (exact) mass is 457 g/mol. The van der Waals surface area contributed by atoms with Gasteiger partial charge in [-0.25, -0.2) is 9.69 Å². The van der Waals surface area contributed by atoms with Crippen molar-refractivity contribution in [1.82, 2.24) is 0 Å². The fourth-order valence-electron chi connectivity index (χ4n) is 3.01. The fourth-order valence-corrected chi connectivity index (χ4v) is 3.94. The van der Waals surface area contributed by atoms with Gasteiger partial charge in [0.05, 0.1) is 33.8 Å². The Hall–Kier alpha value is -3.73. The maximum atomic E-state index is 12.7. The molecule has 3 amide bonds. The third-order valence-electron chi connectivity index (χ3n) is 4.52. The molecule has 0 saturated carbocycles. The summed E-state index contributed by atoms with van der Waals surface area (Å²) in [5, 5.41) is 12.6. The number of nitrogens with one attached hydrogen (secondary N) is 1. The average Bonchev–Trinajstić information content (AvgIpc) is 3.06. The molecule has 2 aromatic rings. The molecule has 0 bridgehead atoms. The molecule has 0 aromatic heterocycles. The minimum atomic E-state index is -0.713. The molecule has 1 fully saturated rings. The molecule has 1 atom stereocenters. The van der Waals surface area contributed by atoms with Crippen molar-refractivity contribution in [2.24, 2.45) is 0 Å². The van der Waals surface area contributed by atoms with Gasteiger partial charge in [-0.2, -0.15) is 0 Å². The van der Waals surface area contributed by atoms with Crippen molar-refractivity contribution in [2.45, 2.75) is 18.6 Å². The van der Waals surface area contributed by atoms with Gasteiger partial charge < -0.3 is 10.1 Å². The molecule has 1 unspecified atom stereocenters. The molecule has 3 rings (SSSR count). The van der Waals surface area contributed by atoms with E-state index in [1.165, 1.54) is 48.5 Å². The van der Waals surface area contributed by atoms with Crippen LogP contribution in [0, 0.1) is 10.1 Å². The van der Waals surface area contributed by atoms with Gasteiger partial charge in [-0.15, -0.1) is 11.8 Å². The molecule has 1 aliphatic heterocycles. The van der Waals surface area contributed by atoms with Crippen LogP contribution in [0.2, 0.25) is 0 Å². The second kappa shape index (κ2) is 10.1. The van der Waals surface area contributed by atoms with Gasteiger partial charge in [0.15, 0.2) is 0 Å². The Balaban J connectivity index is 1.57. The molecular weight excluding hydrogens is 438 g/mol. The topological polar surface area (TPSA) is 136 Å². The Kier molecular flexibility index (Phi) is 7.21. The second-order valence-corrected chi connectivity index (χ2v) is 7.88. The normalized spacial score (nSPS) is 15.5. The fraction of sp³-hybridized carbons (Fsp3) is 0.238. The molecular formula is C21H19N3O7S. The molecule has 1 saturated heterocycles. The number of ether oxygens (including phenoxy) is 1. The summed E-state index contributed by atoms with van der Waals surface area (Å²) in [6.45, 7) is 1.93. The van der Waals surface area contributed by atoms with Gasteiger partial charge in [0, 0.05) is 24.2 Å². The number of benzene rings is 2. The summed E-state index contributed by atoms with van der Waals surface area (Å²) in [4.78, 5) is 60.2. The number of carbonyl (C=O) groups excluding carboxylic acids is 4. The number of nitro benzene ring substituents is 1. The zero-order valence-corrected chi connectivity index (χ0v) is 17.8. The first-order valence-corrected chi connectivity index (χ1v) is 10.6. The van der Waals surface area contributed by atoms with Gasteiger partial charge in [-0.05, 0) is 43.3 Å². The summed E-state index contributed by atoms with van der Waals surface area (Å²) in [5.74, 6) is -1.80. The van der Waals surface area contributed by atoms with E-state index < -0.39 is 33.9 Å². The number of carbonyl (C=O) groups is 4. The van der Waals surface area contributed by atoms with E-state index >= 15 is 0 Å². The molecule has 10 nitrogen and oxygen atoms in total. The second-order valence-electron chi connectivity index (χ2n) is 6.69. The number of rotatable bonds is 8. The molecule has 0 aliphatic carbocycles. The molecule has 11 heteroatoms. The number of hydrogen-bond donors (Lipinski definition) is 1. The number of nitrogens with zero attached hydrogens (tertiary/aromatic N) is 2. The predicted molar refractivity (Wildman–Crippen MR) is 117 cm³/mol. The molecule has 2 aromatic carbocycles. The highest BCUT2D eigenvalue weighted by Crippen LogP contribution is 2.30. The van der Waals surface area contributed by atoms with Crippen LogP contribution in [0.25, 0.3) is 0 Å². The first kappa shape index (κ1) is 22.9. The minimum absolute atomic E-state index is 0.0477. The van der Waals surface area contributed by atoms with Crippen molar-refractivity contribution in [3.05, 3.63) is 64.2 Å². The summed E-state index contributed by atoms with van der Waals surface area (Å²) in [7, 11) is 0. The molecule has 1 aliphatic rings. The molecule has 1 N–H and O–H groups in total. The van der Waals surface area contributed by atoms with Crippen molar-refractivity contribution in [3.63, 3.8) is 0 Å². The van der Waals surface area contributed by atoms with E-state index in [1.807, 2.05) is 0 Å². The van der Waals surface area contributed by atoms with Gasteiger partial charge in [-0.1, -0.05) is 0 Å². The number of imide groups is 1. The number of amides is 3. The lowest BCUT2D eigenvalue weighted by molar-refractivity contribution is -0.384. The zero-order chi connectivity index (χ0) is 23.3. The highest BCUT2D eigenvalue weighted by Gasteiger charge is 2.40. The van der Waals surface area contributed by atoms with E-state index in [2.05, 4.69) is 5.32 Å². The van der Waals surface area contributed by atoms with Gasteiger partial charge in [0.1, 0.15) is 0 Å². The summed E-state index contributed by atoms with van der Waals surface area (Å²) < 4.78 is 4.91. The standard InChI is InChI=1S/C21H19N3O7S/c1-2-31-21(28)13-3-7-15(8-4-13)23-19(26)11-17(20(23)27)32-12-18(25)22-14-5-9-16(10-6-14)24(29)30/h3-10,17H,2,11-12H2,1H3,(H,22,25). The smallest absolute Gasteiger partial charge is 0.338 e. The number of hydrogen-bond acceptors (Lipinski definition) is 8. The highest BCUT2D eigenvalue weighted by molar-refractivity contribution is 8.01. The van der Waals surface area contributed by atoms with Crippen LogP contribution >= 0.6 is 11.8 Å². The van der Waals surface area contributed by atoms with E-state index in [4.69, 9.17) is 4.74 Å². The number of esters is 1. The Bertz CT molecular complexity index is 1050. The van der Waals surface area contributed by atoms with Crippen molar-refractivity contribution < 1.29 is 28.8 Å².